The van der Waals surface area contributed by atoms with Crippen LogP contribution in [0.4, 0.5) is 0 Å². The first-order valence-corrected chi connectivity index (χ1v) is 6.87. The highest BCUT2D eigenvalue weighted by atomic mass is 14.9. The molecule has 0 aliphatic heterocycles. The number of rotatable bonds is 11. The SMILES string of the molecule is CCCCCCCNCCCNC1CC1. The minimum atomic E-state index is 0.874. The summed E-state index contributed by atoms with van der Waals surface area (Å²) in [5.74, 6) is 0. The largest absolute Gasteiger partial charge is 0.317 e. The van der Waals surface area contributed by atoms with Crippen molar-refractivity contribution in [1.82, 2.24) is 10.6 Å². The Bertz CT molecular complexity index is 132. The van der Waals surface area contributed by atoms with Crippen LogP contribution in [-0.2, 0) is 0 Å². The van der Waals surface area contributed by atoms with Gasteiger partial charge in [-0.1, -0.05) is 32.6 Å². The predicted octanol–water partition coefficient (Wildman–Crippen LogP) is 2.69. The van der Waals surface area contributed by atoms with Crippen LogP contribution in [0.3, 0.4) is 0 Å². The minimum Gasteiger partial charge on any atom is -0.317 e. The summed E-state index contributed by atoms with van der Waals surface area (Å²) in [6, 6.07) is 0.874. The highest BCUT2D eigenvalue weighted by Crippen LogP contribution is 2.18. The van der Waals surface area contributed by atoms with Crippen molar-refractivity contribution in [3.63, 3.8) is 0 Å². The molecule has 1 rings (SSSR count). The maximum absolute atomic E-state index is 3.54. The van der Waals surface area contributed by atoms with E-state index in [1.165, 1.54) is 71.0 Å². The fraction of sp³-hybridized carbons (Fsp3) is 1.00. The third-order valence-electron chi connectivity index (χ3n) is 3.00. The standard InChI is InChI=1S/C13H28N2/c1-2-3-4-5-6-10-14-11-7-12-15-13-8-9-13/h13-15H,2-12H2,1H3. The van der Waals surface area contributed by atoms with Crippen LogP contribution in [0.1, 0.15) is 58.3 Å². The van der Waals surface area contributed by atoms with Crippen LogP contribution in [0, 0.1) is 0 Å². The Morgan fingerprint density at radius 3 is 2.33 bits per heavy atom. The van der Waals surface area contributed by atoms with E-state index in [0.717, 1.165) is 6.04 Å². The van der Waals surface area contributed by atoms with E-state index < -0.39 is 0 Å². The van der Waals surface area contributed by atoms with E-state index in [2.05, 4.69) is 17.6 Å². The maximum atomic E-state index is 3.54. The van der Waals surface area contributed by atoms with Gasteiger partial charge >= 0.3 is 0 Å². The molecule has 0 heterocycles. The van der Waals surface area contributed by atoms with Gasteiger partial charge in [-0.2, -0.15) is 0 Å². The van der Waals surface area contributed by atoms with Crippen LogP contribution in [0.2, 0.25) is 0 Å². The fourth-order valence-corrected chi connectivity index (χ4v) is 1.79. The molecule has 1 saturated carbocycles. The lowest BCUT2D eigenvalue weighted by molar-refractivity contribution is 0.557. The molecular formula is C13H28N2. The number of nitrogens with one attached hydrogen (secondary N) is 2. The van der Waals surface area contributed by atoms with Gasteiger partial charge in [-0.3, -0.25) is 0 Å². The van der Waals surface area contributed by atoms with Gasteiger partial charge in [0.15, 0.2) is 0 Å². The van der Waals surface area contributed by atoms with E-state index >= 15 is 0 Å². The highest BCUT2D eigenvalue weighted by molar-refractivity contribution is 4.80. The first kappa shape index (κ1) is 13.0. The van der Waals surface area contributed by atoms with Crippen molar-refractivity contribution in [1.29, 1.82) is 0 Å². The third kappa shape index (κ3) is 8.88. The smallest absolute Gasteiger partial charge is 0.00682 e. The minimum absolute atomic E-state index is 0.874. The number of hydrogen-bond donors (Lipinski definition) is 2. The average Bonchev–Trinajstić information content (AvgIpc) is 3.05. The van der Waals surface area contributed by atoms with E-state index in [1.807, 2.05) is 0 Å². The molecule has 2 N–H and O–H groups in total. The third-order valence-corrected chi connectivity index (χ3v) is 3.00. The molecule has 0 amide bonds. The summed E-state index contributed by atoms with van der Waals surface area (Å²) in [6.45, 7) is 5.87. The summed E-state index contributed by atoms with van der Waals surface area (Å²) < 4.78 is 0. The molecular weight excluding hydrogens is 184 g/mol. The van der Waals surface area contributed by atoms with Crippen LogP contribution < -0.4 is 10.6 Å². The van der Waals surface area contributed by atoms with Crippen LogP contribution >= 0.6 is 0 Å². The second-order valence-corrected chi connectivity index (χ2v) is 4.75. The van der Waals surface area contributed by atoms with Gasteiger partial charge in [0.1, 0.15) is 0 Å². The molecule has 0 aromatic rings. The molecule has 2 heteroatoms. The summed E-state index contributed by atoms with van der Waals surface area (Å²) in [7, 11) is 0. The molecule has 0 radical (unpaired) electrons. The Morgan fingerprint density at radius 2 is 1.60 bits per heavy atom. The van der Waals surface area contributed by atoms with Crippen LogP contribution in [-0.4, -0.2) is 25.7 Å². The molecule has 0 aromatic carbocycles. The van der Waals surface area contributed by atoms with Crippen molar-refractivity contribution in [2.45, 2.75) is 64.3 Å². The Labute approximate surface area is 95.2 Å². The summed E-state index contributed by atoms with van der Waals surface area (Å²) in [6.07, 6.45) is 11.0. The topological polar surface area (TPSA) is 24.1 Å². The van der Waals surface area contributed by atoms with E-state index in [0.29, 0.717) is 0 Å². The van der Waals surface area contributed by atoms with Gasteiger partial charge < -0.3 is 10.6 Å². The van der Waals surface area contributed by atoms with E-state index in [-0.39, 0.29) is 0 Å². The van der Waals surface area contributed by atoms with Crippen molar-refractivity contribution < 1.29 is 0 Å². The molecule has 0 spiro atoms. The first-order valence-electron chi connectivity index (χ1n) is 6.87. The van der Waals surface area contributed by atoms with Crippen molar-refractivity contribution in [2.75, 3.05) is 19.6 Å². The van der Waals surface area contributed by atoms with Crippen molar-refractivity contribution >= 4 is 0 Å². The Hall–Kier alpha value is -0.0800. The molecule has 0 bridgehead atoms. The van der Waals surface area contributed by atoms with Gasteiger partial charge in [0.2, 0.25) is 0 Å². The monoisotopic (exact) mass is 212 g/mol. The maximum Gasteiger partial charge on any atom is 0.00682 e. The van der Waals surface area contributed by atoms with Crippen LogP contribution in [0.15, 0.2) is 0 Å². The molecule has 0 saturated heterocycles. The number of hydrogen-bond acceptors (Lipinski definition) is 2. The highest BCUT2D eigenvalue weighted by Gasteiger charge is 2.19. The summed E-state index contributed by atoms with van der Waals surface area (Å²) in [4.78, 5) is 0. The fourth-order valence-electron chi connectivity index (χ4n) is 1.79. The first-order chi connectivity index (χ1) is 7.43. The van der Waals surface area contributed by atoms with E-state index in [1.54, 1.807) is 0 Å². The zero-order chi connectivity index (χ0) is 10.8. The van der Waals surface area contributed by atoms with Gasteiger partial charge in [-0.25, -0.2) is 0 Å². The van der Waals surface area contributed by atoms with Gasteiger partial charge in [-0.05, 0) is 45.3 Å². The second kappa shape index (κ2) is 9.17. The zero-order valence-electron chi connectivity index (χ0n) is 10.4. The van der Waals surface area contributed by atoms with E-state index in [4.69, 9.17) is 0 Å². The molecule has 0 unspecified atom stereocenters. The molecule has 15 heavy (non-hydrogen) atoms. The summed E-state index contributed by atoms with van der Waals surface area (Å²) in [5, 5.41) is 7.05. The van der Waals surface area contributed by atoms with Crippen molar-refractivity contribution in [2.24, 2.45) is 0 Å². The lowest BCUT2D eigenvalue weighted by Gasteiger charge is -2.05. The van der Waals surface area contributed by atoms with Gasteiger partial charge in [-0.15, -0.1) is 0 Å². The molecule has 0 atom stereocenters. The summed E-state index contributed by atoms with van der Waals surface area (Å²) >= 11 is 0. The zero-order valence-corrected chi connectivity index (χ0v) is 10.4. The van der Waals surface area contributed by atoms with Crippen LogP contribution in [0.25, 0.3) is 0 Å². The number of unbranched alkanes of at least 4 members (excludes halogenated alkanes) is 4. The lowest BCUT2D eigenvalue weighted by Crippen LogP contribution is -2.23. The van der Waals surface area contributed by atoms with Gasteiger partial charge in [0.25, 0.3) is 0 Å². The Balaban J connectivity index is 1.62. The van der Waals surface area contributed by atoms with E-state index in [9.17, 15) is 0 Å². The van der Waals surface area contributed by atoms with Crippen molar-refractivity contribution in [3.8, 4) is 0 Å². The second-order valence-electron chi connectivity index (χ2n) is 4.75. The molecule has 1 aliphatic rings. The quantitative estimate of drug-likeness (QED) is 0.515. The normalized spacial score (nSPS) is 15.8. The predicted molar refractivity (Wildman–Crippen MR) is 67.3 cm³/mol. The average molecular weight is 212 g/mol. The Morgan fingerprint density at radius 1 is 0.867 bits per heavy atom. The van der Waals surface area contributed by atoms with Gasteiger partial charge in [0.05, 0.1) is 0 Å². The van der Waals surface area contributed by atoms with Crippen LogP contribution in [0.5, 0.6) is 0 Å². The molecule has 1 aliphatic carbocycles. The molecule has 90 valence electrons. The molecule has 2 nitrogen and oxygen atoms in total. The molecule has 0 aromatic heterocycles. The molecule has 1 fully saturated rings. The Kier molecular flexibility index (Phi) is 7.94. The van der Waals surface area contributed by atoms with Gasteiger partial charge in [0, 0.05) is 6.04 Å². The summed E-state index contributed by atoms with van der Waals surface area (Å²) in [5.41, 5.74) is 0. The van der Waals surface area contributed by atoms with Crippen molar-refractivity contribution in [3.05, 3.63) is 0 Å². The lowest BCUT2D eigenvalue weighted by atomic mass is 10.1.